The van der Waals surface area contributed by atoms with E-state index < -0.39 is 11.9 Å². The zero-order chi connectivity index (χ0) is 15.5. The van der Waals surface area contributed by atoms with Gasteiger partial charge in [0.15, 0.2) is 0 Å². The monoisotopic (exact) mass is 296 g/mol. The summed E-state index contributed by atoms with van der Waals surface area (Å²) in [6, 6.07) is 7.48. The first kappa shape index (κ1) is 17.5. The molecule has 0 radical (unpaired) electrons. The Hall–Kier alpha value is -1.59. The minimum atomic E-state index is -0.786. The van der Waals surface area contributed by atoms with E-state index in [1.807, 2.05) is 24.3 Å². The number of hydrogen-bond donors (Lipinski definition) is 1. The molecule has 1 N–H and O–H groups in total. The first-order valence-corrected chi connectivity index (χ1v) is 7.09. The first-order chi connectivity index (χ1) is 10.2. The molecule has 1 atom stereocenters. The number of hydrogen-bond acceptors (Lipinski definition) is 4. The predicted molar refractivity (Wildman–Crippen MR) is 79.8 cm³/mol. The summed E-state index contributed by atoms with van der Waals surface area (Å²) in [6.45, 7) is 1.72. The second-order valence-corrected chi connectivity index (χ2v) is 4.83. The molecule has 5 nitrogen and oxygen atoms in total. The summed E-state index contributed by atoms with van der Waals surface area (Å²) < 4.78 is 15.4. The van der Waals surface area contributed by atoms with E-state index in [9.17, 15) is 9.90 Å². The molecule has 1 rings (SSSR count). The van der Waals surface area contributed by atoms with Crippen molar-refractivity contribution < 1.29 is 24.1 Å². The Balaban J connectivity index is 2.37. The quantitative estimate of drug-likeness (QED) is 0.635. The molecule has 0 aliphatic carbocycles. The summed E-state index contributed by atoms with van der Waals surface area (Å²) >= 11 is 0. The second kappa shape index (κ2) is 10.2. The summed E-state index contributed by atoms with van der Waals surface area (Å²) in [6.07, 6.45) is 1.84. The van der Waals surface area contributed by atoms with Crippen molar-refractivity contribution in [1.82, 2.24) is 0 Å². The Labute approximate surface area is 125 Å². The maximum absolute atomic E-state index is 11.3. The number of benzene rings is 1. The van der Waals surface area contributed by atoms with Crippen LogP contribution in [0.2, 0.25) is 0 Å². The van der Waals surface area contributed by atoms with Crippen LogP contribution in [0.1, 0.15) is 18.4 Å². The highest BCUT2D eigenvalue weighted by Gasteiger charge is 2.17. The van der Waals surface area contributed by atoms with Gasteiger partial charge in [-0.2, -0.15) is 0 Å². The lowest BCUT2D eigenvalue weighted by Crippen LogP contribution is -2.19. The van der Waals surface area contributed by atoms with E-state index in [4.69, 9.17) is 14.2 Å². The van der Waals surface area contributed by atoms with Gasteiger partial charge in [-0.05, 0) is 37.0 Å². The van der Waals surface area contributed by atoms with Crippen LogP contribution in [0.25, 0.3) is 0 Å². The minimum absolute atomic E-state index is 0.430. The highest BCUT2D eigenvalue weighted by Crippen LogP contribution is 2.17. The fourth-order valence-electron chi connectivity index (χ4n) is 1.99. The largest absolute Gasteiger partial charge is 0.497 e. The molecule has 0 aliphatic heterocycles. The van der Waals surface area contributed by atoms with Crippen molar-refractivity contribution in [2.45, 2.75) is 19.3 Å². The van der Waals surface area contributed by atoms with Crippen molar-refractivity contribution in [2.75, 3.05) is 34.0 Å². The topological polar surface area (TPSA) is 65.0 Å². The highest BCUT2D eigenvalue weighted by atomic mass is 16.5. The van der Waals surface area contributed by atoms with Gasteiger partial charge in [0.2, 0.25) is 0 Å². The Morgan fingerprint density at radius 1 is 1.14 bits per heavy atom. The Morgan fingerprint density at radius 3 is 2.43 bits per heavy atom. The van der Waals surface area contributed by atoms with E-state index in [1.54, 1.807) is 14.2 Å². The van der Waals surface area contributed by atoms with Gasteiger partial charge >= 0.3 is 5.97 Å². The van der Waals surface area contributed by atoms with E-state index in [1.165, 1.54) is 0 Å². The molecule has 1 aromatic rings. The number of carboxylic acids is 1. The van der Waals surface area contributed by atoms with Crippen molar-refractivity contribution >= 4 is 5.97 Å². The summed E-state index contributed by atoms with van der Waals surface area (Å²) in [5.41, 5.74) is 0.989. The average Bonchev–Trinajstić information content (AvgIpc) is 2.50. The smallest absolute Gasteiger partial charge is 0.306 e. The van der Waals surface area contributed by atoms with E-state index >= 15 is 0 Å². The molecular formula is C16H24O5. The van der Waals surface area contributed by atoms with Crippen LogP contribution in [0.3, 0.4) is 0 Å². The molecule has 0 aliphatic rings. The number of carbonyl (C=O) groups is 1. The van der Waals surface area contributed by atoms with Crippen LogP contribution >= 0.6 is 0 Å². The predicted octanol–water partition coefficient (Wildman–Crippen LogP) is 2.38. The maximum atomic E-state index is 11.3. The lowest BCUT2D eigenvalue weighted by atomic mass is 9.96. The molecule has 118 valence electrons. The summed E-state index contributed by atoms with van der Waals surface area (Å²) in [5, 5.41) is 9.28. The van der Waals surface area contributed by atoms with Crippen LogP contribution in [0.5, 0.6) is 5.75 Å². The molecule has 21 heavy (non-hydrogen) atoms. The molecule has 0 saturated heterocycles. The fourth-order valence-corrected chi connectivity index (χ4v) is 1.99. The molecule has 0 saturated carbocycles. The van der Waals surface area contributed by atoms with Gasteiger partial charge in [-0.1, -0.05) is 12.1 Å². The molecule has 0 fully saturated rings. The van der Waals surface area contributed by atoms with Gasteiger partial charge in [0.1, 0.15) is 5.75 Å². The average molecular weight is 296 g/mol. The molecule has 5 heteroatoms. The Morgan fingerprint density at radius 2 is 1.86 bits per heavy atom. The summed E-state index contributed by atoms with van der Waals surface area (Å²) in [7, 11) is 3.26. The van der Waals surface area contributed by atoms with Crippen molar-refractivity contribution in [1.29, 1.82) is 0 Å². The molecular weight excluding hydrogens is 272 g/mol. The number of methoxy groups -OCH3 is 2. The molecule has 0 spiro atoms. The van der Waals surface area contributed by atoms with Gasteiger partial charge < -0.3 is 19.3 Å². The third-order valence-corrected chi connectivity index (χ3v) is 3.24. The van der Waals surface area contributed by atoms with Crippen molar-refractivity contribution in [3.05, 3.63) is 29.8 Å². The van der Waals surface area contributed by atoms with Crippen LogP contribution in [-0.4, -0.2) is 45.1 Å². The maximum Gasteiger partial charge on any atom is 0.306 e. The lowest BCUT2D eigenvalue weighted by molar-refractivity contribution is -0.142. The fraction of sp³-hybridized carbons (Fsp3) is 0.562. The van der Waals surface area contributed by atoms with Crippen molar-refractivity contribution in [3.63, 3.8) is 0 Å². The van der Waals surface area contributed by atoms with E-state index in [0.29, 0.717) is 32.7 Å². The van der Waals surface area contributed by atoms with Gasteiger partial charge in [0.25, 0.3) is 0 Å². The van der Waals surface area contributed by atoms with Gasteiger partial charge in [-0.25, -0.2) is 0 Å². The molecule has 1 aromatic carbocycles. The summed E-state index contributed by atoms with van der Waals surface area (Å²) in [4.78, 5) is 11.3. The normalized spacial score (nSPS) is 12.1. The minimum Gasteiger partial charge on any atom is -0.497 e. The van der Waals surface area contributed by atoms with Crippen molar-refractivity contribution in [2.24, 2.45) is 5.92 Å². The lowest BCUT2D eigenvalue weighted by Gasteiger charge is -2.13. The zero-order valence-corrected chi connectivity index (χ0v) is 12.7. The van der Waals surface area contributed by atoms with Crippen LogP contribution in [0.15, 0.2) is 24.3 Å². The molecule has 0 heterocycles. The number of rotatable bonds is 11. The SMILES string of the molecule is COCCCOCCC(Cc1ccc(OC)cc1)C(=O)O. The third kappa shape index (κ3) is 7.11. The zero-order valence-electron chi connectivity index (χ0n) is 12.7. The van der Waals surface area contributed by atoms with E-state index in [2.05, 4.69) is 0 Å². The second-order valence-electron chi connectivity index (χ2n) is 4.83. The van der Waals surface area contributed by atoms with E-state index in [0.717, 1.165) is 17.7 Å². The number of aliphatic carboxylic acids is 1. The van der Waals surface area contributed by atoms with Gasteiger partial charge in [-0.3, -0.25) is 4.79 Å². The third-order valence-electron chi connectivity index (χ3n) is 3.24. The number of carboxylic acid groups (broad SMARTS) is 1. The Bertz CT molecular complexity index is 402. The molecule has 0 aromatic heterocycles. The van der Waals surface area contributed by atoms with Gasteiger partial charge in [-0.15, -0.1) is 0 Å². The first-order valence-electron chi connectivity index (χ1n) is 7.09. The standard InChI is InChI=1S/C16H24O5/c1-19-9-3-10-21-11-8-14(16(17)18)12-13-4-6-15(20-2)7-5-13/h4-7,14H,3,8-12H2,1-2H3,(H,17,18). The number of ether oxygens (including phenoxy) is 3. The van der Waals surface area contributed by atoms with Crippen molar-refractivity contribution in [3.8, 4) is 5.75 Å². The van der Waals surface area contributed by atoms with Gasteiger partial charge in [0.05, 0.1) is 13.0 Å². The van der Waals surface area contributed by atoms with Crippen LogP contribution in [-0.2, 0) is 20.7 Å². The van der Waals surface area contributed by atoms with Crippen LogP contribution in [0.4, 0.5) is 0 Å². The molecule has 0 amide bonds. The van der Waals surface area contributed by atoms with Crippen LogP contribution < -0.4 is 4.74 Å². The summed E-state index contributed by atoms with van der Waals surface area (Å²) in [5.74, 6) is -0.445. The van der Waals surface area contributed by atoms with E-state index in [-0.39, 0.29) is 0 Å². The van der Waals surface area contributed by atoms with Crippen LogP contribution in [0, 0.1) is 5.92 Å². The van der Waals surface area contributed by atoms with Gasteiger partial charge in [0, 0.05) is 26.9 Å². The highest BCUT2D eigenvalue weighted by molar-refractivity contribution is 5.70. The molecule has 0 bridgehead atoms. The molecule has 1 unspecified atom stereocenters. The Kier molecular flexibility index (Phi) is 8.47.